The van der Waals surface area contributed by atoms with Crippen LogP contribution >= 0.6 is 0 Å². The van der Waals surface area contributed by atoms with Crippen LogP contribution in [0.3, 0.4) is 0 Å². The number of aromatic nitrogens is 1. The number of amides is 1. The second kappa shape index (κ2) is 9.60. The fourth-order valence-electron chi connectivity index (χ4n) is 1.98. The highest BCUT2D eigenvalue weighted by molar-refractivity contribution is 7.90. The molecule has 2 rings (SSSR count). The minimum absolute atomic E-state index is 0.0785. The Morgan fingerprint density at radius 2 is 1.86 bits per heavy atom. The second-order valence-corrected chi connectivity index (χ2v) is 7.28. The van der Waals surface area contributed by atoms with Crippen LogP contribution in [0.25, 0.3) is 0 Å². The minimum Gasteiger partial charge on any atom is -0.493 e. The Balaban J connectivity index is 1.77. The maximum Gasteiger partial charge on any atom is 0.354 e. The number of halogens is 1. The van der Waals surface area contributed by atoms with E-state index in [2.05, 4.69) is 4.98 Å². The minimum atomic E-state index is -3.91. The first-order valence-corrected chi connectivity index (χ1v) is 9.69. The first-order chi connectivity index (χ1) is 13.3. The molecule has 0 saturated heterocycles. The lowest BCUT2D eigenvalue weighted by molar-refractivity contribution is 0.0689. The van der Waals surface area contributed by atoms with E-state index < -0.39 is 27.7 Å². The van der Waals surface area contributed by atoms with Gasteiger partial charge in [-0.3, -0.25) is 4.79 Å². The molecular weight excluding hydrogens is 391 g/mol. The van der Waals surface area contributed by atoms with Gasteiger partial charge in [-0.15, -0.1) is 0 Å². The SMILES string of the molecule is O=C(NS(=O)(=O)CC=CCCOc1ccc(F)cc1)c1ccc(C(=O)O)nc1. The summed E-state index contributed by atoms with van der Waals surface area (Å²) in [7, 11) is -3.91. The number of aromatic carboxylic acids is 1. The van der Waals surface area contributed by atoms with E-state index in [-0.39, 0.29) is 23.7 Å². The summed E-state index contributed by atoms with van der Waals surface area (Å²) >= 11 is 0. The molecule has 0 fully saturated rings. The molecule has 1 aromatic heterocycles. The van der Waals surface area contributed by atoms with Crippen molar-refractivity contribution >= 4 is 21.9 Å². The third-order valence-corrected chi connectivity index (χ3v) is 4.47. The van der Waals surface area contributed by atoms with Crippen molar-refractivity contribution in [2.45, 2.75) is 6.42 Å². The number of nitrogens with zero attached hydrogens (tertiary/aromatic N) is 1. The Morgan fingerprint density at radius 3 is 2.46 bits per heavy atom. The highest BCUT2D eigenvalue weighted by atomic mass is 32.2. The molecule has 0 aliphatic rings. The lowest BCUT2D eigenvalue weighted by Crippen LogP contribution is -2.32. The number of ether oxygens (including phenoxy) is 1. The van der Waals surface area contributed by atoms with E-state index in [4.69, 9.17) is 9.84 Å². The summed E-state index contributed by atoms with van der Waals surface area (Å²) in [4.78, 5) is 26.2. The Labute approximate surface area is 160 Å². The van der Waals surface area contributed by atoms with E-state index in [0.717, 1.165) is 12.3 Å². The summed E-state index contributed by atoms with van der Waals surface area (Å²) in [5, 5.41) is 8.74. The summed E-state index contributed by atoms with van der Waals surface area (Å²) in [6, 6.07) is 7.78. The smallest absolute Gasteiger partial charge is 0.354 e. The van der Waals surface area contributed by atoms with E-state index in [1.54, 1.807) is 6.08 Å². The molecule has 2 N–H and O–H groups in total. The predicted molar refractivity (Wildman–Crippen MR) is 98.1 cm³/mol. The van der Waals surface area contributed by atoms with E-state index in [1.807, 2.05) is 4.72 Å². The summed E-state index contributed by atoms with van der Waals surface area (Å²) in [6.07, 6.45) is 4.35. The predicted octanol–water partition coefficient (Wildman–Crippen LogP) is 2.00. The Bertz CT molecular complexity index is 957. The average Bonchev–Trinajstić information content (AvgIpc) is 2.65. The van der Waals surface area contributed by atoms with Gasteiger partial charge < -0.3 is 9.84 Å². The van der Waals surface area contributed by atoms with Gasteiger partial charge in [0.1, 0.15) is 17.3 Å². The summed E-state index contributed by atoms with van der Waals surface area (Å²) in [5.41, 5.74) is -0.338. The third kappa shape index (κ3) is 6.80. The highest BCUT2D eigenvalue weighted by Gasteiger charge is 2.15. The van der Waals surface area contributed by atoms with Crippen molar-refractivity contribution in [3.8, 4) is 5.75 Å². The molecule has 0 atom stereocenters. The monoisotopic (exact) mass is 408 g/mol. The summed E-state index contributed by atoms with van der Waals surface area (Å²) < 4.78 is 43.8. The first kappa shape index (κ1) is 21.0. The number of carboxylic acid groups (broad SMARTS) is 1. The van der Waals surface area contributed by atoms with Crippen LogP contribution in [0.4, 0.5) is 4.39 Å². The van der Waals surface area contributed by atoms with Gasteiger partial charge in [-0.1, -0.05) is 12.2 Å². The van der Waals surface area contributed by atoms with Crippen LogP contribution in [0, 0.1) is 5.82 Å². The van der Waals surface area contributed by atoms with Crippen LogP contribution in [-0.2, 0) is 10.0 Å². The number of nitrogens with one attached hydrogen (secondary N) is 1. The van der Waals surface area contributed by atoms with Gasteiger partial charge in [-0.25, -0.2) is 27.3 Å². The molecule has 0 spiro atoms. The van der Waals surface area contributed by atoms with Crippen LogP contribution < -0.4 is 9.46 Å². The zero-order chi connectivity index (χ0) is 20.6. The van der Waals surface area contributed by atoms with Crippen molar-refractivity contribution < 1.29 is 32.2 Å². The van der Waals surface area contributed by atoms with Crippen molar-refractivity contribution in [1.82, 2.24) is 9.71 Å². The van der Waals surface area contributed by atoms with Gasteiger partial charge in [0.15, 0.2) is 0 Å². The molecule has 1 aromatic carbocycles. The molecule has 2 aromatic rings. The topological polar surface area (TPSA) is 123 Å². The number of sulfonamides is 1. The first-order valence-electron chi connectivity index (χ1n) is 8.04. The molecule has 10 heteroatoms. The lowest BCUT2D eigenvalue weighted by atomic mass is 10.2. The zero-order valence-electron chi connectivity index (χ0n) is 14.5. The maximum atomic E-state index is 12.8. The van der Waals surface area contributed by atoms with Gasteiger partial charge in [-0.05, 0) is 42.8 Å². The molecule has 148 valence electrons. The Morgan fingerprint density at radius 1 is 1.14 bits per heavy atom. The second-order valence-electron chi connectivity index (χ2n) is 5.51. The molecule has 8 nitrogen and oxygen atoms in total. The van der Waals surface area contributed by atoms with Gasteiger partial charge in [0.05, 0.1) is 17.9 Å². The van der Waals surface area contributed by atoms with E-state index >= 15 is 0 Å². The number of hydrogen-bond acceptors (Lipinski definition) is 6. The molecule has 1 amide bonds. The number of benzene rings is 1. The molecule has 1 heterocycles. The third-order valence-electron chi connectivity index (χ3n) is 3.34. The molecule has 0 saturated carbocycles. The number of carbonyl (C=O) groups is 2. The molecule has 0 bridgehead atoms. The van der Waals surface area contributed by atoms with Crippen LogP contribution in [0.2, 0.25) is 0 Å². The van der Waals surface area contributed by atoms with Crippen LogP contribution in [0.5, 0.6) is 5.75 Å². The van der Waals surface area contributed by atoms with Gasteiger partial charge in [0, 0.05) is 6.20 Å². The summed E-state index contributed by atoms with van der Waals surface area (Å²) in [5.74, 6) is -2.45. The quantitative estimate of drug-likeness (QED) is 0.481. The van der Waals surface area contributed by atoms with Gasteiger partial charge in [0.25, 0.3) is 5.91 Å². The Kier molecular flexibility index (Phi) is 7.21. The standard InChI is InChI=1S/C18H17FN2O6S/c19-14-5-7-15(8-6-14)27-10-2-1-3-11-28(25,26)21-17(22)13-4-9-16(18(23)24)20-12-13/h1,3-9,12H,2,10-11H2,(H,21,22)(H,23,24). The molecule has 0 radical (unpaired) electrons. The van der Waals surface area contributed by atoms with Crippen LogP contribution in [0.15, 0.2) is 54.7 Å². The van der Waals surface area contributed by atoms with Gasteiger partial charge >= 0.3 is 5.97 Å². The number of carboxylic acids is 1. The number of pyridine rings is 1. The van der Waals surface area contributed by atoms with Crippen molar-refractivity contribution in [1.29, 1.82) is 0 Å². The normalized spacial score (nSPS) is 11.3. The van der Waals surface area contributed by atoms with E-state index in [9.17, 15) is 22.4 Å². The number of rotatable bonds is 9. The van der Waals surface area contributed by atoms with Crippen molar-refractivity contribution in [3.05, 3.63) is 71.8 Å². The average molecular weight is 408 g/mol. The van der Waals surface area contributed by atoms with Gasteiger partial charge in [-0.2, -0.15) is 0 Å². The van der Waals surface area contributed by atoms with Crippen molar-refractivity contribution in [2.24, 2.45) is 0 Å². The maximum absolute atomic E-state index is 12.8. The molecule has 0 aliphatic carbocycles. The Hall–Kier alpha value is -3.27. The summed E-state index contributed by atoms with van der Waals surface area (Å²) in [6.45, 7) is 0.274. The largest absolute Gasteiger partial charge is 0.493 e. The lowest BCUT2D eigenvalue weighted by Gasteiger charge is -2.05. The molecule has 28 heavy (non-hydrogen) atoms. The van der Waals surface area contributed by atoms with Crippen LogP contribution in [0.1, 0.15) is 27.3 Å². The van der Waals surface area contributed by atoms with E-state index in [1.165, 1.54) is 36.4 Å². The molecule has 0 unspecified atom stereocenters. The van der Waals surface area contributed by atoms with Crippen LogP contribution in [-0.4, -0.2) is 42.7 Å². The van der Waals surface area contributed by atoms with Crippen molar-refractivity contribution in [3.63, 3.8) is 0 Å². The van der Waals surface area contributed by atoms with Gasteiger partial charge in [0.2, 0.25) is 10.0 Å². The number of hydrogen-bond donors (Lipinski definition) is 2. The fraction of sp³-hybridized carbons (Fsp3) is 0.167. The zero-order valence-corrected chi connectivity index (χ0v) is 15.4. The molecular formula is C18H17FN2O6S. The fourth-order valence-corrected chi connectivity index (χ4v) is 2.86. The molecule has 0 aliphatic heterocycles. The van der Waals surface area contributed by atoms with E-state index in [0.29, 0.717) is 12.2 Å². The number of carbonyl (C=O) groups excluding carboxylic acids is 1. The highest BCUT2D eigenvalue weighted by Crippen LogP contribution is 2.11. The van der Waals surface area contributed by atoms with Crippen molar-refractivity contribution in [2.75, 3.05) is 12.4 Å².